The summed E-state index contributed by atoms with van der Waals surface area (Å²) in [6.07, 6.45) is 0.701. The summed E-state index contributed by atoms with van der Waals surface area (Å²) in [6.45, 7) is 3.84. The lowest BCUT2D eigenvalue weighted by molar-refractivity contribution is -0.143. The highest BCUT2D eigenvalue weighted by Gasteiger charge is 2.31. The van der Waals surface area contributed by atoms with Gasteiger partial charge < -0.3 is 18.8 Å². The van der Waals surface area contributed by atoms with Crippen molar-refractivity contribution in [2.75, 3.05) is 26.3 Å². The van der Waals surface area contributed by atoms with Gasteiger partial charge in [-0.15, -0.1) is 10.2 Å². The number of carbonyl (C=O) groups is 1. The van der Waals surface area contributed by atoms with E-state index >= 15 is 0 Å². The van der Waals surface area contributed by atoms with E-state index in [0.29, 0.717) is 44.5 Å². The highest BCUT2D eigenvalue weighted by molar-refractivity contribution is 5.77. The Balaban J connectivity index is 1.43. The number of hydrogen-bond donors (Lipinski definition) is 0. The molecule has 0 radical (unpaired) electrons. The van der Waals surface area contributed by atoms with Gasteiger partial charge in [0.05, 0.1) is 32.3 Å². The largest absolute Gasteiger partial charge is 0.423 e. The Hall–Kier alpha value is -2.25. The fourth-order valence-electron chi connectivity index (χ4n) is 3.40. The highest BCUT2D eigenvalue weighted by Crippen LogP contribution is 2.31. The lowest BCUT2D eigenvalue weighted by Crippen LogP contribution is -2.43. The van der Waals surface area contributed by atoms with E-state index in [-0.39, 0.29) is 18.1 Å². The third-order valence-corrected chi connectivity index (χ3v) is 4.69. The molecule has 25 heavy (non-hydrogen) atoms. The summed E-state index contributed by atoms with van der Waals surface area (Å²) in [6, 6.07) is 8.18. The van der Waals surface area contributed by atoms with Crippen molar-refractivity contribution < 1.29 is 18.7 Å². The third kappa shape index (κ3) is 3.43. The molecule has 0 spiro atoms. The number of ether oxygens (including phenoxy) is 2. The smallest absolute Gasteiger partial charge is 0.246 e. The molecule has 0 unspecified atom stereocenters. The molecule has 0 saturated carbocycles. The van der Waals surface area contributed by atoms with Gasteiger partial charge in [-0.05, 0) is 17.5 Å². The summed E-state index contributed by atoms with van der Waals surface area (Å²) >= 11 is 0. The average Bonchev–Trinajstić information content (AvgIpc) is 3.09. The van der Waals surface area contributed by atoms with Crippen molar-refractivity contribution in [3.63, 3.8) is 0 Å². The Morgan fingerprint density at radius 3 is 2.96 bits per heavy atom. The summed E-state index contributed by atoms with van der Waals surface area (Å²) in [5, 5.41) is 7.83. The van der Waals surface area contributed by atoms with Gasteiger partial charge in [0.1, 0.15) is 0 Å². The zero-order chi connectivity index (χ0) is 17.2. The number of carbonyl (C=O) groups excluding carboxylic acids is 1. The molecule has 0 N–H and O–H groups in total. The molecular formula is C18H21N3O4. The first kappa shape index (κ1) is 16.2. The van der Waals surface area contributed by atoms with E-state index in [9.17, 15) is 4.79 Å². The minimum atomic E-state index is -0.363. The molecule has 0 bridgehead atoms. The van der Waals surface area contributed by atoms with E-state index in [0.717, 1.165) is 12.0 Å². The van der Waals surface area contributed by atoms with Gasteiger partial charge in [-0.1, -0.05) is 24.3 Å². The number of hydrogen-bond acceptors (Lipinski definition) is 6. The normalized spacial score (nSPS) is 23.3. The minimum Gasteiger partial charge on any atom is -0.423 e. The first-order chi connectivity index (χ1) is 12.2. The number of morpholine rings is 1. The minimum absolute atomic E-state index is 0.0613. The first-order valence-corrected chi connectivity index (χ1v) is 8.59. The number of nitrogens with zero attached hydrogens (tertiary/aromatic N) is 3. The predicted molar refractivity (Wildman–Crippen MR) is 87.8 cm³/mol. The number of rotatable bonds is 3. The third-order valence-electron chi connectivity index (χ3n) is 4.69. The molecule has 0 aliphatic carbocycles. The highest BCUT2D eigenvalue weighted by atomic mass is 16.5. The molecule has 1 saturated heterocycles. The lowest BCUT2D eigenvalue weighted by atomic mass is 9.95. The second-order valence-corrected chi connectivity index (χ2v) is 6.37. The number of benzene rings is 1. The maximum atomic E-state index is 12.8. The fraction of sp³-hybridized carbons (Fsp3) is 0.500. The maximum Gasteiger partial charge on any atom is 0.246 e. The van der Waals surface area contributed by atoms with Crippen LogP contribution in [0.3, 0.4) is 0 Å². The molecule has 1 aromatic carbocycles. The molecule has 1 amide bonds. The molecule has 2 aliphatic rings. The average molecular weight is 343 g/mol. The van der Waals surface area contributed by atoms with E-state index in [1.165, 1.54) is 5.56 Å². The van der Waals surface area contributed by atoms with Crippen molar-refractivity contribution in [2.24, 2.45) is 0 Å². The summed E-state index contributed by atoms with van der Waals surface area (Å²) in [7, 11) is 0. The second-order valence-electron chi connectivity index (χ2n) is 6.37. The van der Waals surface area contributed by atoms with Crippen LogP contribution in [0.5, 0.6) is 0 Å². The summed E-state index contributed by atoms with van der Waals surface area (Å²) in [4.78, 5) is 14.6. The Morgan fingerprint density at radius 1 is 1.24 bits per heavy atom. The number of fused-ring (bicyclic) bond motifs is 1. The quantitative estimate of drug-likeness (QED) is 0.848. The topological polar surface area (TPSA) is 77.7 Å². The monoisotopic (exact) mass is 343 g/mol. The van der Waals surface area contributed by atoms with Crippen LogP contribution < -0.4 is 0 Å². The Morgan fingerprint density at radius 2 is 2.12 bits per heavy atom. The van der Waals surface area contributed by atoms with Crippen molar-refractivity contribution in [3.8, 4) is 0 Å². The first-order valence-electron chi connectivity index (χ1n) is 8.59. The number of aromatic nitrogens is 2. The Kier molecular flexibility index (Phi) is 4.50. The molecule has 2 aliphatic heterocycles. The van der Waals surface area contributed by atoms with E-state index in [4.69, 9.17) is 13.9 Å². The lowest BCUT2D eigenvalue weighted by Gasteiger charge is -2.33. The molecule has 4 rings (SSSR count). The fourth-order valence-corrected chi connectivity index (χ4v) is 3.40. The van der Waals surface area contributed by atoms with E-state index in [1.54, 1.807) is 11.8 Å². The van der Waals surface area contributed by atoms with Crippen LogP contribution in [0, 0.1) is 6.92 Å². The zero-order valence-corrected chi connectivity index (χ0v) is 14.2. The van der Waals surface area contributed by atoms with E-state index in [2.05, 4.69) is 22.3 Å². The molecule has 132 valence electrons. The van der Waals surface area contributed by atoms with Crippen molar-refractivity contribution in [1.82, 2.24) is 15.1 Å². The van der Waals surface area contributed by atoms with Gasteiger partial charge >= 0.3 is 0 Å². The van der Waals surface area contributed by atoms with Crippen molar-refractivity contribution in [2.45, 2.75) is 32.0 Å². The van der Waals surface area contributed by atoms with Gasteiger partial charge in [0, 0.05) is 13.5 Å². The predicted octanol–water partition coefficient (Wildman–Crippen LogP) is 1.98. The zero-order valence-electron chi connectivity index (χ0n) is 14.2. The second kappa shape index (κ2) is 6.93. The molecule has 1 aromatic heterocycles. The van der Waals surface area contributed by atoms with Gasteiger partial charge in [-0.3, -0.25) is 4.79 Å². The summed E-state index contributed by atoms with van der Waals surface area (Å²) in [5.41, 5.74) is 2.40. The van der Waals surface area contributed by atoms with Crippen molar-refractivity contribution in [1.29, 1.82) is 0 Å². The standard InChI is InChI=1S/C18H21N3O4/c1-12-19-20-18(25-12)16-11-21(7-9-24-16)17(22)10-15-14-5-3-2-4-13(14)6-8-23-15/h2-5,15-16H,6-11H2,1H3/t15-,16-/m1/s1. The van der Waals surface area contributed by atoms with Crippen LogP contribution >= 0.6 is 0 Å². The molecule has 2 atom stereocenters. The van der Waals surface area contributed by atoms with Crippen LogP contribution in [0.25, 0.3) is 0 Å². The summed E-state index contributed by atoms with van der Waals surface area (Å²) in [5.74, 6) is 0.981. The van der Waals surface area contributed by atoms with Gasteiger partial charge in [-0.25, -0.2) is 0 Å². The maximum absolute atomic E-state index is 12.8. The SMILES string of the molecule is Cc1nnc([C@H]2CN(C(=O)C[C@H]3OCCc4ccccc43)CCO2)o1. The van der Waals surface area contributed by atoms with Gasteiger partial charge in [-0.2, -0.15) is 0 Å². The van der Waals surface area contributed by atoms with Crippen LogP contribution in [0.2, 0.25) is 0 Å². The van der Waals surface area contributed by atoms with Crippen LogP contribution in [0.15, 0.2) is 28.7 Å². The van der Waals surface area contributed by atoms with Crippen LogP contribution in [0.4, 0.5) is 0 Å². The van der Waals surface area contributed by atoms with Gasteiger partial charge in [0.15, 0.2) is 6.10 Å². The van der Waals surface area contributed by atoms with E-state index in [1.807, 2.05) is 12.1 Å². The van der Waals surface area contributed by atoms with Crippen molar-refractivity contribution in [3.05, 3.63) is 47.2 Å². The van der Waals surface area contributed by atoms with Crippen molar-refractivity contribution >= 4 is 5.91 Å². The molecule has 1 fully saturated rings. The van der Waals surface area contributed by atoms with Gasteiger partial charge in [0.2, 0.25) is 17.7 Å². The van der Waals surface area contributed by atoms with Crippen LogP contribution in [0.1, 0.15) is 41.5 Å². The molecule has 7 nitrogen and oxygen atoms in total. The van der Waals surface area contributed by atoms with Gasteiger partial charge in [0.25, 0.3) is 0 Å². The summed E-state index contributed by atoms with van der Waals surface area (Å²) < 4.78 is 17.0. The number of amides is 1. The number of aryl methyl sites for hydroxylation is 1. The molecule has 7 heteroatoms. The van der Waals surface area contributed by atoms with E-state index < -0.39 is 0 Å². The Labute approximate surface area is 145 Å². The van der Waals surface area contributed by atoms with Crippen LogP contribution in [-0.4, -0.2) is 47.3 Å². The Bertz CT molecular complexity index is 760. The molecular weight excluding hydrogens is 322 g/mol. The molecule has 2 aromatic rings. The van der Waals surface area contributed by atoms with Crippen LogP contribution in [-0.2, 0) is 20.7 Å². The molecule has 3 heterocycles.